The Morgan fingerprint density at radius 3 is 2.22 bits per heavy atom. The van der Waals surface area contributed by atoms with Crippen molar-refractivity contribution in [2.45, 2.75) is 33.2 Å². The Hall–Kier alpha value is -4.38. The van der Waals surface area contributed by atoms with Crippen LogP contribution >= 0.6 is 0 Å². The molecule has 0 radical (unpaired) electrons. The van der Waals surface area contributed by atoms with Gasteiger partial charge in [-0.15, -0.1) is 0 Å². The van der Waals surface area contributed by atoms with Crippen molar-refractivity contribution in [3.05, 3.63) is 88.6 Å². The van der Waals surface area contributed by atoms with Gasteiger partial charge in [0.2, 0.25) is 0 Å². The maximum Gasteiger partial charge on any atom is 0.330 e. The molecule has 37 heavy (non-hydrogen) atoms. The van der Waals surface area contributed by atoms with Crippen LogP contribution < -0.4 is 0 Å². The monoisotopic (exact) mass is 505 g/mol. The fourth-order valence-corrected chi connectivity index (χ4v) is 3.41. The van der Waals surface area contributed by atoms with Gasteiger partial charge < -0.3 is 19.4 Å². The normalized spacial score (nSPS) is 11.4. The highest BCUT2D eigenvalue weighted by Gasteiger charge is 2.47. The number of hydroxylamine groups is 1. The lowest BCUT2D eigenvalue weighted by atomic mass is 9.80. The Bertz CT molecular complexity index is 1170. The topological polar surface area (TPSA) is 105 Å². The third-order valence-electron chi connectivity index (χ3n) is 5.29. The van der Waals surface area contributed by atoms with E-state index < -0.39 is 23.3 Å². The molecule has 0 aliphatic carbocycles. The number of carbonyl (C=O) groups excluding carboxylic acids is 3. The summed E-state index contributed by atoms with van der Waals surface area (Å²) in [5, 5.41) is 12.5. The molecule has 0 N–H and O–H groups in total. The number of hydrogen-bond acceptors (Lipinski definition) is 7. The molecule has 8 heteroatoms. The molecule has 194 valence electrons. The Kier molecular flexibility index (Phi) is 11.6. The van der Waals surface area contributed by atoms with E-state index in [1.807, 2.05) is 30.3 Å². The van der Waals surface area contributed by atoms with E-state index in [1.165, 1.54) is 19.4 Å². The van der Waals surface area contributed by atoms with Crippen molar-refractivity contribution in [1.82, 2.24) is 0 Å². The average Bonchev–Trinajstić information content (AvgIpc) is 2.89. The summed E-state index contributed by atoms with van der Waals surface area (Å²) in [5.74, 6) is 3.63. The summed E-state index contributed by atoms with van der Waals surface area (Å²) >= 11 is 0. The van der Waals surface area contributed by atoms with Gasteiger partial charge >= 0.3 is 17.9 Å². The molecule has 8 nitrogen and oxygen atoms in total. The first-order chi connectivity index (χ1) is 17.9. The molecule has 0 atom stereocenters. The molecule has 0 unspecified atom stereocenters. The first kappa shape index (κ1) is 28.9. The summed E-state index contributed by atoms with van der Waals surface area (Å²) < 4.78 is 15.8. The number of allylic oxidation sites excluding steroid dienone is 1. The second-order valence-electron chi connectivity index (χ2n) is 7.91. The number of hydrogen-bond donors (Lipinski definition) is 0. The van der Waals surface area contributed by atoms with E-state index >= 15 is 0 Å². The lowest BCUT2D eigenvalue weighted by molar-refractivity contribution is -0.469. The van der Waals surface area contributed by atoms with Crippen LogP contribution in [0.15, 0.2) is 66.7 Å². The number of ether oxygens (including phenoxy) is 3. The van der Waals surface area contributed by atoms with Gasteiger partial charge in [-0.1, -0.05) is 60.4 Å². The highest BCUT2D eigenvalue weighted by atomic mass is 16.6. The summed E-state index contributed by atoms with van der Waals surface area (Å²) in [7, 11) is 1.22. The summed E-state index contributed by atoms with van der Waals surface area (Å²) in [6.45, 7) is 3.52. The van der Waals surface area contributed by atoms with Gasteiger partial charge in [-0.2, -0.15) is 0 Å². The minimum absolute atomic E-state index is 0.0483. The number of methoxy groups -OCH3 is 1. The number of benzene rings is 2. The fourth-order valence-electron chi connectivity index (χ4n) is 3.41. The van der Waals surface area contributed by atoms with Crippen LogP contribution in [-0.2, 0) is 35.1 Å². The van der Waals surface area contributed by atoms with Crippen molar-refractivity contribution in [3.8, 4) is 11.8 Å². The van der Waals surface area contributed by atoms with Crippen LogP contribution in [0.5, 0.6) is 0 Å². The second-order valence-corrected chi connectivity index (χ2v) is 7.91. The third-order valence-corrected chi connectivity index (χ3v) is 5.29. The first-order valence-electron chi connectivity index (χ1n) is 11.9. The van der Waals surface area contributed by atoms with E-state index in [9.17, 15) is 19.6 Å². The lowest BCUT2D eigenvalue weighted by Gasteiger charge is -2.26. The lowest BCUT2D eigenvalue weighted by Crippen LogP contribution is -2.41. The molecule has 0 aliphatic rings. The number of carbonyl (C=O) groups is 3. The van der Waals surface area contributed by atoms with E-state index in [-0.39, 0.29) is 32.6 Å². The van der Waals surface area contributed by atoms with Crippen LogP contribution in [0.4, 0.5) is 0 Å². The van der Waals surface area contributed by atoms with Crippen LogP contribution in [0, 0.1) is 22.5 Å². The predicted molar refractivity (Wildman–Crippen MR) is 138 cm³/mol. The molecular formula is C29H31NO7. The SMILES string of the molecule is CCOC(=O)C(CC#Cc1ccccc1/C=[N+](\[O-])Cc1ccccc1)(C/C=C/C(=O)OC)C(=O)OCC. The van der Waals surface area contributed by atoms with Crippen LogP contribution in [0.2, 0.25) is 0 Å². The molecule has 2 aromatic rings. The Morgan fingerprint density at radius 1 is 0.973 bits per heavy atom. The molecule has 0 saturated heterocycles. The van der Waals surface area contributed by atoms with Gasteiger partial charge in [0.25, 0.3) is 0 Å². The zero-order chi connectivity index (χ0) is 27.1. The Morgan fingerprint density at radius 2 is 1.59 bits per heavy atom. The number of nitrogens with zero attached hydrogens (tertiary/aromatic N) is 1. The minimum atomic E-state index is -1.78. The molecule has 0 saturated carbocycles. The van der Waals surface area contributed by atoms with Crippen LogP contribution in [0.1, 0.15) is 43.4 Å². The molecule has 0 aliphatic heterocycles. The molecule has 0 fully saturated rings. The third kappa shape index (κ3) is 8.65. The fraction of sp³-hybridized carbons (Fsp3) is 0.310. The van der Waals surface area contributed by atoms with Crippen molar-refractivity contribution in [1.29, 1.82) is 0 Å². The average molecular weight is 506 g/mol. The van der Waals surface area contributed by atoms with E-state index in [2.05, 4.69) is 16.6 Å². The summed E-state index contributed by atoms with van der Waals surface area (Å²) in [6.07, 6.45) is 3.53. The van der Waals surface area contributed by atoms with Crippen LogP contribution in [0.25, 0.3) is 0 Å². The van der Waals surface area contributed by atoms with Gasteiger partial charge in [0.05, 0.1) is 25.9 Å². The van der Waals surface area contributed by atoms with Crippen molar-refractivity contribution >= 4 is 24.1 Å². The summed E-state index contributed by atoms with van der Waals surface area (Å²) in [5.41, 5.74) is 0.221. The zero-order valence-electron chi connectivity index (χ0n) is 21.3. The van der Waals surface area contributed by atoms with Gasteiger partial charge in [-0.05, 0) is 32.4 Å². The molecule has 0 bridgehead atoms. The number of esters is 3. The highest BCUT2D eigenvalue weighted by molar-refractivity contribution is 6.00. The Balaban J connectivity index is 2.39. The van der Waals surface area contributed by atoms with Crippen molar-refractivity contribution in [2.75, 3.05) is 20.3 Å². The van der Waals surface area contributed by atoms with Crippen LogP contribution in [0.3, 0.4) is 0 Å². The quantitative estimate of drug-likeness (QED) is 0.0527. The van der Waals surface area contributed by atoms with Crippen LogP contribution in [-0.4, -0.2) is 49.2 Å². The first-order valence-corrected chi connectivity index (χ1v) is 11.9. The maximum atomic E-state index is 13.0. The molecular weight excluding hydrogens is 474 g/mol. The van der Waals surface area contributed by atoms with E-state index in [0.717, 1.165) is 16.4 Å². The van der Waals surface area contributed by atoms with Gasteiger partial charge in [0, 0.05) is 23.6 Å². The van der Waals surface area contributed by atoms with Gasteiger partial charge in [-0.25, -0.2) is 9.53 Å². The van der Waals surface area contributed by atoms with Gasteiger partial charge in [0.15, 0.2) is 18.2 Å². The molecule has 0 heterocycles. The van der Waals surface area contributed by atoms with E-state index in [0.29, 0.717) is 11.1 Å². The summed E-state index contributed by atoms with van der Waals surface area (Å²) in [4.78, 5) is 37.4. The highest BCUT2D eigenvalue weighted by Crippen LogP contribution is 2.31. The standard InChI is InChI=1S/C29H31NO7/c1-4-36-27(32)29(28(33)37-5-2,20-12-18-26(31)35-3)19-11-17-24-15-9-10-16-25(24)22-30(34)21-23-13-7-6-8-14-23/h6-10,12-16,18,22H,4-5,19-21H2,1-3H3/b18-12+,30-22-. The smallest absolute Gasteiger partial charge is 0.330 e. The molecule has 0 aromatic heterocycles. The minimum Gasteiger partial charge on any atom is -0.624 e. The van der Waals surface area contributed by atoms with Gasteiger partial charge in [0.1, 0.15) is 0 Å². The van der Waals surface area contributed by atoms with Crippen molar-refractivity contribution in [3.63, 3.8) is 0 Å². The number of rotatable bonds is 11. The predicted octanol–water partition coefficient (Wildman–Crippen LogP) is 3.79. The van der Waals surface area contributed by atoms with Gasteiger partial charge in [-0.3, -0.25) is 9.59 Å². The summed E-state index contributed by atoms with van der Waals surface area (Å²) in [6, 6.07) is 16.4. The molecule has 0 amide bonds. The largest absolute Gasteiger partial charge is 0.624 e. The molecule has 0 spiro atoms. The maximum absolute atomic E-state index is 13.0. The van der Waals surface area contributed by atoms with Crippen molar-refractivity contribution < 1.29 is 33.3 Å². The molecule has 2 aromatic carbocycles. The molecule has 2 rings (SSSR count). The zero-order valence-corrected chi connectivity index (χ0v) is 21.3. The second kappa shape index (κ2) is 14.9. The Labute approximate surface area is 217 Å². The van der Waals surface area contributed by atoms with E-state index in [1.54, 1.807) is 38.1 Å². The van der Waals surface area contributed by atoms with Crippen molar-refractivity contribution in [2.24, 2.45) is 5.41 Å². The van der Waals surface area contributed by atoms with E-state index in [4.69, 9.17) is 9.47 Å².